The number of hydrogen-bond donors (Lipinski definition) is 1. The van der Waals surface area contributed by atoms with Gasteiger partial charge in [0.1, 0.15) is 0 Å². The van der Waals surface area contributed by atoms with Gasteiger partial charge in [0, 0.05) is 7.11 Å². The van der Waals surface area contributed by atoms with Gasteiger partial charge in [-0.2, -0.15) is 0 Å². The zero-order chi connectivity index (χ0) is 7.70. The quantitative estimate of drug-likeness (QED) is 0.569. The van der Waals surface area contributed by atoms with Gasteiger partial charge in [0.05, 0.1) is 13.2 Å². The fourth-order valence-corrected chi connectivity index (χ4v) is 0.0913. The van der Waals surface area contributed by atoms with Crippen LogP contribution in [0, 0.1) is 0 Å². The third-order valence-corrected chi connectivity index (χ3v) is 0.295. The highest BCUT2D eigenvalue weighted by Crippen LogP contribution is 1.56. The predicted octanol–water partition coefficient (Wildman–Crippen LogP) is -0.197. The molecule has 0 amide bonds. The van der Waals surface area contributed by atoms with E-state index in [4.69, 9.17) is 5.11 Å². The van der Waals surface area contributed by atoms with Gasteiger partial charge in [0.25, 0.3) is 0 Å². The summed E-state index contributed by atoms with van der Waals surface area (Å²) in [6.07, 6.45) is 0. The Bertz CT molecular complexity index is 35.3. The number of ether oxygens (including phenoxy) is 1. The van der Waals surface area contributed by atoms with Crippen LogP contribution in [0.25, 0.3) is 0 Å². The van der Waals surface area contributed by atoms with Gasteiger partial charge >= 0.3 is 0 Å². The summed E-state index contributed by atoms with van der Waals surface area (Å²) in [5.41, 5.74) is 0. The number of nitrogens with zero attached hydrogens (tertiary/aromatic N) is 1. The summed E-state index contributed by atoms with van der Waals surface area (Å²) in [6, 6.07) is 0. The largest absolute Gasteiger partial charge is 0.394 e. The number of aliphatic hydroxyl groups is 1. The molecule has 3 heteroatoms. The van der Waals surface area contributed by atoms with Crippen molar-refractivity contribution in [3.63, 3.8) is 0 Å². The molecule has 0 aliphatic carbocycles. The second-order valence-electron chi connectivity index (χ2n) is 2.06. The van der Waals surface area contributed by atoms with Crippen molar-refractivity contribution in [3.05, 3.63) is 0 Å². The van der Waals surface area contributed by atoms with Gasteiger partial charge in [-0.3, -0.25) is 0 Å². The first kappa shape index (κ1) is 11.6. The SMILES string of the molecule is CN(C)C.COCCO. The lowest BCUT2D eigenvalue weighted by Crippen LogP contribution is -1.99. The van der Waals surface area contributed by atoms with Gasteiger partial charge in [-0.05, 0) is 21.1 Å². The Morgan fingerprint density at radius 3 is 1.67 bits per heavy atom. The fraction of sp³-hybridized carbons (Fsp3) is 1.00. The van der Waals surface area contributed by atoms with Crippen LogP contribution in [0.1, 0.15) is 0 Å². The van der Waals surface area contributed by atoms with Crippen molar-refractivity contribution in [3.8, 4) is 0 Å². The van der Waals surface area contributed by atoms with Crippen molar-refractivity contribution >= 4 is 0 Å². The van der Waals surface area contributed by atoms with Crippen LogP contribution in [0.4, 0.5) is 0 Å². The van der Waals surface area contributed by atoms with Gasteiger partial charge < -0.3 is 14.7 Å². The summed E-state index contributed by atoms with van der Waals surface area (Å²) >= 11 is 0. The second kappa shape index (κ2) is 10.8. The molecule has 0 bridgehead atoms. The van der Waals surface area contributed by atoms with E-state index < -0.39 is 0 Å². The second-order valence-corrected chi connectivity index (χ2v) is 2.06. The molecular weight excluding hydrogens is 118 g/mol. The Kier molecular flexibility index (Phi) is 14.0. The van der Waals surface area contributed by atoms with Crippen LogP contribution in [0.15, 0.2) is 0 Å². The first-order valence-electron chi connectivity index (χ1n) is 2.85. The summed E-state index contributed by atoms with van der Waals surface area (Å²) in [5, 5.41) is 7.94. The molecule has 0 saturated carbocycles. The van der Waals surface area contributed by atoms with Gasteiger partial charge in [-0.15, -0.1) is 0 Å². The third-order valence-electron chi connectivity index (χ3n) is 0.295. The molecule has 0 aliphatic rings. The highest BCUT2D eigenvalue weighted by molar-refractivity contribution is 4.13. The molecule has 0 aromatic carbocycles. The molecular formula is C6H17NO2. The number of aliphatic hydroxyl groups excluding tert-OH is 1. The van der Waals surface area contributed by atoms with E-state index in [1.54, 1.807) is 7.11 Å². The summed E-state index contributed by atoms with van der Waals surface area (Å²) in [4.78, 5) is 2.00. The normalized spacial score (nSPS) is 8.67. The number of rotatable bonds is 2. The Labute approximate surface area is 57.2 Å². The zero-order valence-corrected chi connectivity index (χ0v) is 6.72. The van der Waals surface area contributed by atoms with E-state index in [0.717, 1.165) is 0 Å². The average Bonchev–Trinajstić information content (AvgIpc) is 1.66. The highest BCUT2D eigenvalue weighted by atomic mass is 16.5. The van der Waals surface area contributed by atoms with Crippen LogP contribution < -0.4 is 0 Å². The maximum Gasteiger partial charge on any atom is 0.0693 e. The van der Waals surface area contributed by atoms with Crippen LogP contribution in [0.5, 0.6) is 0 Å². The van der Waals surface area contributed by atoms with Crippen LogP contribution in [0.2, 0.25) is 0 Å². The van der Waals surface area contributed by atoms with Crippen LogP contribution in [-0.2, 0) is 4.74 Å². The smallest absolute Gasteiger partial charge is 0.0693 e. The lowest BCUT2D eigenvalue weighted by Gasteiger charge is -1.90. The summed E-state index contributed by atoms with van der Waals surface area (Å²) in [5.74, 6) is 0. The topological polar surface area (TPSA) is 32.7 Å². The van der Waals surface area contributed by atoms with Gasteiger partial charge in [-0.1, -0.05) is 0 Å². The molecule has 3 nitrogen and oxygen atoms in total. The predicted molar refractivity (Wildman–Crippen MR) is 38.6 cm³/mol. The van der Waals surface area contributed by atoms with Gasteiger partial charge in [-0.25, -0.2) is 0 Å². The van der Waals surface area contributed by atoms with E-state index in [9.17, 15) is 0 Å². The van der Waals surface area contributed by atoms with Crippen molar-refractivity contribution in [2.45, 2.75) is 0 Å². The van der Waals surface area contributed by atoms with E-state index in [1.165, 1.54) is 0 Å². The van der Waals surface area contributed by atoms with Crippen LogP contribution >= 0.6 is 0 Å². The molecule has 0 aliphatic heterocycles. The van der Waals surface area contributed by atoms with Crippen molar-refractivity contribution in [2.75, 3.05) is 41.5 Å². The molecule has 1 N–H and O–H groups in total. The third kappa shape index (κ3) is 77.1. The molecule has 0 rings (SSSR count). The molecule has 0 aromatic rings. The van der Waals surface area contributed by atoms with E-state index in [0.29, 0.717) is 6.61 Å². The molecule has 9 heavy (non-hydrogen) atoms. The lowest BCUT2D eigenvalue weighted by molar-refractivity contribution is 0.135. The van der Waals surface area contributed by atoms with Crippen LogP contribution in [0.3, 0.4) is 0 Å². The van der Waals surface area contributed by atoms with Crippen molar-refractivity contribution in [1.29, 1.82) is 0 Å². The van der Waals surface area contributed by atoms with E-state index in [1.807, 2.05) is 26.0 Å². The van der Waals surface area contributed by atoms with Gasteiger partial charge in [0.2, 0.25) is 0 Å². The molecule has 0 saturated heterocycles. The summed E-state index contributed by atoms with van der Waals surface area (Å²) in [7, 11) is 7.55. The Balaban J connectivity index is 0. The summed E-state index contributed by atoms with van der Waals surface area (Å²) < 4.78 is 4.44. The Morgan fingerprint density at radius 1 is 1.33 bits per heavy atom. The monoisotopic (exact) mass is 135 g/mol. The maximum absolute atomic E-state index is 7.94. The van der Waals surface area contributed by atoms with E-state index in [-0.39, 0.29) is 6.61 Å². The average molecular weight is 135 g/mol. The van der Waals surface area contributed by atoms with Crippen molar-refractivity contribution in [1.82, 2.24) is 4.90 Å². The minimum atomic E-state index is 0.122. The fourth-order valence-electron chi connectivity index (χ4n) is 0.0913. The standard InChI is InChI=1S/C3H9N.C3H8O2/c1-4(2)3;1-5-3-2-4/h1-3H3;4H,2-3H2,1H3. The van der Waals surface area contributed by atoms with E-state index in [2.05, 4.69) is 4.74 Å². The first-order chi connectivity index (χ1) is 4.15. The van der Waals surface area contributed by atoms with Gasteiger partial charge in [0.15, 0.2) is 0 Å². The molecule has 58 valence electrons. The Hall–Kier alpha value is -0.120. The van der Waals surface area contributed by atoms with E-state index >= 15 is 0 Å². The summed E-state index contributed by atoms with van der Waals surface area (Å²) in [6.45, 7) is 0.566. The first-order valence-corrected chi connectivity index (χ1v) is 2.85. The van der Waals surface area contributed by atoms with Crippen molar-refractivity contribution in [2.24, 2.45) is 0 Å². The molecule has 0 aromatic heterocycles. The Morgan fingerprint density at radius 2 is 1.67 bits per heavy atom. The minimum absolute atomic E-state index is 0.122. The molecule has 0 unspecified atom stereocenters. The zero-order valence-electron chi connectivity index (χ0n) is 6.72. The molecule has 0 atom stereocenters. The lowest BCUT2D eigenvalue weighted by atomic mass is 10.8. The number of hydrogen-bond acceptors (Lipinski definition) is 3. The molecule has 0 fully saturated rings. The van der Waals surface area contributed by atoms with Crippen molar-refractivity contribution < 1.29 is 9.84 Å². The maximum atomic E-state index is 7.94. The number of methoxy groups -OCH3 is 1. The highest BCUT2D eigenvalue weighted by Gasteiger charge is 1.67. The minimum Gasteiger partial charge on any atom is -0.394 e. The molecule has 0 spiro atoms. The molecule has 0 heterocycles. The van der Waals surface area contributed by atoms with Crippen LogP contribution in [-0.4, -0.2) is 51.5 Å². The molecule has 0 radical (unpaired) electrons.